The van der Waals surface area contributed by atoms with Gasteiger partial charge in [-0.15, -0.1) is 0 Å². The maximum absolute atomic E-state index is 9.84. The molecule has 110 valence electrons. The lowest BCUT2D eigenvalue weighted by molar-refractivity contribution is -0.181. The van der Waals surface area contributed by atoms with Gasteiger partial charge in [-0.2, -0.15) is 5.06 Å². The zero-order valence-corrected chi connectivity index (χ0v) is 12.4. The molecule has 1 aliphatic heterocycles. The summed E-state index contributed by atoms with van der Waals surface area (Å²) in [5, 5.41) is 13.9. The maximum Gasteiger partial charge on any atom is 0.0404 e. The second-order valence-corrected chi connectivity index (χ2v) is 5.99. The SMILES string of the molecule is ON1CCC1Cc1c(-c2ccccc2)ccc2ccccc12. The van der Waals surface area contributed by atoms with E-state index in [1.165, 1.54) is 32.5 Å². The van der Waals surface area contributed by atoms with Crippen LogP contribution in [0.15, 0.2) is 66.7 Å². The normalized spacial score (nSPS) is 18.3. The van der Waals surface area contributed by atoms with Crippen molar-refractivity contribution in [1.29, 1.82) is 0 Å². The Morgan fingerprint density at radius 1 is 0.909 bits per heavy atom. The van der Waals surface area contributed by atoms with Gasteiger partial charge < -0.3 is 5.21 Å². The summed E-state index contributed by atoms with van der Waals surface area (Å²) in [6.45, 7) is 0.788. The van der Waals surface area contributed by atoms with Crippen LogP contribution in [-0.4, -0.2) is 22.9 Å². The minimum Gasteiger partial charge on any atom is -0.314 e. The highest BCUT2D eigenvalue weighted by atomic mass is 16.5. The summed E-state index contributed by atoms with van der Waals surface area (Å²) in [4.78, 5) is 0. The Morgan fingerprint density at radius 3 is 2.41 bits per heavy atom. The number of hydroxylamine groups is 2. The summed E-state index contributed by atoms with van der Waals surface area (Å²) in [6, 6.07) is 23.7. The summed E-state index contributed by atoms with van der Waals surface area (Å²) < 4.78 is 0. The average molecular weight is 289 g/mol. The standard InChI is InChI=1S/C20H19NO/c22-21-13-12-17(21)14-20-18-9-5-4-8-16(18)10-11-19(20)15-6-2-1-3-7-15/h1-11,17,22H,12-14H2. The van der Waals surface area contributed by atoms with E-state index in [1.54, 1.807) is 0 Å². The van der Waals surface area contributed by atoms with Crippen LogP contribution in [0.1, 0.15) is 12.0 Å². The van der Waals surface area contributed by atoms with E-state index < -0.39 is 0 Å². The highest BCUT2D eigenvalue weighted by Crippen LogP contribution is 2.33. The first-order chi connectivity index (χ1) is 10.8. The van der Waals surface area contributed by atoms with Gasteiger partial charge in [0, 0.05) is 12.6 Å². The Labute approximate surface area is 130 Å². The van der Waals surface area contributed by atoms with Crippen LogP contribution in [0, 0.1) is 0 Å². The van der Waals surface area contributed by atoms with Gasteiger partial charge in [0.05, 0.1) is 0 Å². The second kappa shape index (κ2) is 5.56. The van der Waals surface area contributed by atoms with E-state index in [0.717, 1.165) is 19.4 Å². The lowest BCUT2D eigenvalue weighted by atomic mass is 9.88. The molecule has 2 heteroatoms. The van der Waals surface area contributed by atoms with Gasteiger partial charge >= 0.3 is 0 Å². The van der Waals surface area contributed by atoms with Crippen molar-refractivity contribution in [2.24, 2.45) is 0 Å². The van der Waals surface area contributed by atoms with E-state index in [-0.39, 0.29) is 6.04 Å². The van der Waals surface area contributed by atoms with Crippen LogP contribution in [0.4, 0.5) is 0 Å². The van der Waals surface area contributed by atoms with Crippen molar-refractivity contribution in [2.45, 2.75) is 18.9 Å². The molecule has 0 spiro atoms. The summed E-state index contributed by atoms with van der Waals surface area (Å²) in [5.74, 6) is 0. The van der Waals surface area contributed by atoms with Gasteiger partial charge in [-0.05, 0) is 40.3 Å². The van der Waals surface area contributed by atoms with E-state index >= 15 is 0 Å². The molecular formula is C20H19NO. The van der Waals surface area contributed by atoms with Crippen molar-refractivity contribution in [3.8, 4) is 11.1 Å². The molecule has 0 amide bonds. The molecule has 1 heterocycles. The minimum atomic E-state index is 0.244. The van der Waals surface area contributed by atoms with Crippen LogP contribution < -0.4 is 0 Å². The predicted octanol–water partition coefficient (Wildman–Crippen LogP) is 4.51. The zero-order valence-electron chi connectivity index (χ0n) is 12.4. The summed E-state index contributed by atoms with van der Waals surface area (Å²) in [6.07, 6.45) is 1.95. The third kappa shape index (κ3) is 2.31. The van der Waals surface area contributed by atoms with Gasteiger partial charge in [-0.1, -0.05) is 66.7 Å². The van der Waals surface area contributed by atoms with Crippen LogP contribution in [0.25, 0.3) is 21.9 Å². The molecule has 3 aromatic rings. The molecule has 1 unspecified atom stereocenters. The molecule has 2 nitrogen and oxygen atoms in total. The van der Waals surface area contributed by atoms with Crippen molar-refractivity contribution < 1.29 is 5.21 Å². The first-order valence-electron chi connectivity index (χ1n) is 7.84. The number of hydrogen-bond donors (Lipinski definition) is 1. The number of rotatable bonds is 3. The number of fused-ring (bicyclic) bond motifs is 1. The molecule has 0 bridgehead atoms. The topological polar surface area (TPSA) is 23.5 Å². The molecule has 1 aliphatic rings. The fourth-order valence-corrected chi connectivity index (χ4v) is 3.31. The largest absolute Gasteiger partial charge is 0.314 e. The van der Waals surface area contributed by atoms with Crippen molar-refractivity contribution in [3.05, 3.63) is 72.3 Å². The molecular weight excluding hydrogens is 270 g/mol. The third-order valence-corrected chi connectivity index (χ3v) is 4.68. The van der Waals surface area contributed by atoms with Crippen molar-refractivity contribution in [3.63, 3.8) is 0 Å². The molecule has 0 radical (unpaired) electrons. The van der Waals surface area contributed by atoms with Crippen LogP contribution in [0.3, 0.4) is 0 Å². The quantitative estimate of drug-likeness (QED) is 0.766. The predicted molar refractivity (Wildman–Crippen MR) is 90.0 cm³/mol. The number of hydrogen-bond acceptors (Lipinski definition) is 2. The summed E-state index contributed by atoms with van der Waals surface area (Å²) in [7, 11) is 0. The minimum absolute atomic E-state index is 0.244. The molecule has 1 saturated heterocycles. The molecule has 1 fully saturated rings. The monoisotopic (exact) mass is 289 g/mol. The Morgan fingerprint density at radius 2 is 1.68 bits per heavy atom. The summed E-state index contributed by atoms with van der Waals surface area (Å²) in [5.41, 5.74) is 3.86. The van der Waals surface area contributed by atoms with Gasteiger partial charge in [-0.3, -0.25) is 0 Å². The smallest absolute Gasteiger partial charge is 0.0404 e. The highest BCUT2D eigenvalue weighted by molar-refractivity contribution is 5.91. The van der Waals surface area contributed by atoms with E-state index in [4.69, 9.17) is 0 Å². The highest BCUT2D eigenvalue weighted by Gasteiger charge is 2.27. The fourth-order valence-electron chi connectivity index (χ4n) is 3.31. The molecule has 3 aromatic carbocycles. The molecule has 4 rings (SSSR count). The molecule has 0 saturated carbocycles. The van der Waals surface area contributed by atoms with E-state index in [2.05, 4.69) is 60.7 Å². The Hall–Kier alpha value is -2.16. The molecule has 1 atom stereocenters. The average Bonchev–Trinajstić information content (AvgIpc) is 2.58. The van der Waals surface area contributed by atoms with Crippen molar-refractivity contribution >= 4 is 10.8 Å². The number of benzene rings is 3. The number of nitrogens with zero attached hydrogens (tertiary/aromatic N) is 1. The lowest BCUT2D eigenvalue weighted by Gasteiger charge is -2.36. The van der Waals surface area contributed by atoms with Gasteiger partial charge in [0.15, 0.2) is 0 Å². The van der Waals surface area contributed by atoms with Crippen LogP contribution in [-0.2, 0) is 6.42 Å². The van der Waals surface area contributed by atoms with Gasteiger partial charge in [0.2, 0.25) is 0 Å². The molecule has 0 aromatic heterocycles. The first kappa shape index (κ1) is 13.5. The Kier molecular flexibility index (Phi) is 3.41. The fraction of sp³-hybridized carbons (Fsp3) is 0.200. The van der Waals surface area contributed by atoms with Crippen LogP contribution in [0.2, 0.25) is 0 Å². The Bertz CT molecular complexity index is 797. The van der Waals surface area contributed by atoms with Crippen LogP contribution in [0.5, 0.6) is 0 Å². The maximum atomic E-state index is 9.84. The molecule has 1 N–H and O–H groups in total. The summed E-state index contributed by atoms with van der Waals surface area (Å²) >= 11 is 0. The zero-order chi connectivity index (χ0) is 14.9. The third-order valence-electron chi connectivity index (χ3n) is 4.68. The van der Waals surface area contributed by atoms with E-state index in [1.807, 2.05) is 6.07 Å². The van der Waals surface area contributed by atoms with E-state index in [9.17, 15) is 5.21 Å². The second-order valence-electron chi connectivity index (χ2n) is 5.99. The van der Waals surface area contributed by atoms with E-state index in [0.29, 0.717) is 0 Å². The van der Waals surface area contributed by atoms with Crippen LogP contribution >= 0.6 is 0 Å². The molecule has 0 aliphatic carbocycles. The van der Waals surface area contributed by atoms with Crippen molar-refractivity contribution in [2.75, 3.05) is 6.54 Å². The van der Waals surface area contributed by atoms with Crippen molar-refractivity contribution in [1.82, 2.24) is 5.06 Å². The van der Waals surface area contributed by atoms with Gasteiger partial charge in [-0.25, -0.2) is 0 Å². The molecule has 22 heavy (non-hydrogen) atoms. The Balaban J connectivity index is 1.88. The van der Waals surface area contributed by atoms with Gasteiger partial charge in [0.25, 0.3) is 0 Å². The first-order valence-corrected chi connectivity index (χ1v) is 7.84. The lowest BCUT2D eigenvalue weighted by Crippen LogP contribution is -2.46. The van der Waals surface area contributed by atoms with Gasteiger partial charge in [0.1, 0.15) is 0 Å².